The van der Waals surface area contributed by atoms with Gasteiger partial charge in [0.1, 0.15) is 5.56 Å². The maximum absolute atomic E-state index is 11.9. The Balaban J connectivity index is 1.48. The van der Waals surface area contributed by atoms with Crippen LogP contribution in [0.15, 0.2) is 30.9 Å². The van der Waals surface area contributed by atoms with Crippen molar-refractivity contribution in [3.8, 4) is 0 Å². The molecule has 8 nitrogen and oxygen atoms in total. The molecule has 1 aliphatic rings. The van der Waals surface area contributed by atoms with Gasteiger partial charge in [-0.1, -0.05) is 0 Å². The average Bonchev–Trinajstić information content (AvgIpc) is 3.32. The highest BCUT2D eigenvalue weighted by molar-refractivity contribution is 5.95. The van der Waals surface area contributed by atoms with E-state index in [9.17, 15) is 4.79 Å². The van der Waals surface area contributed by atoms with Crippen molar-refractivity contribution in [2.45, 2.75) is 32.2 Å². The third-order valence-electron chi connectivity index (χ3n) is 4.78. The lowest BCUT2D eigenvalue weighted by Gasteiger charge is -2.32. The lowest BCUT2D eigenvalue weighted by atomic mass is 9.95. The number of hydrogen-bond donors (Lipinski definition) is 1. The van der Waals surface area contributed by atoms with Crippen molar-refractivity contribution in [3.05, 3.63) is 47.7 Å². The number of ether oxygens (including phenoxy) is 1. The summed E-state index contributed by atoms with van der Waals surface area (Å²) < 4.78 is 6.70. The summed E-state index contributed by atoms with van der Waals surface area (Å²) in [6.07, 6.45) is 9.42. The van der Waals surface area contributed by atoms with Gasteiger partial charge in [0.2, 0.25) is 0 Å². The van der Waals surface area contributed by atoms with E-state index in [4.69, 9.17) is 4.74 Å². The van der Waals surface area contributed by atoms with Gasteiger partial charge in [-0.15, -0.1) is 0 Å². The predicted octanol–water partition coefficient (Wildman–Crippen LogP) is 2.01. The number of carbonyl (C=O) groups is 1. The van der Waals surface area contributed by atoms with Crippen LogP contribution in [-0.2, 0) is 11.3 Å². The quantitative estimate of drug-likeness (QED) is 0.705. The van der Waals surface area contributed by atoms with Crippen molar-refractivity contribution >= 4 is 11.6 Å². The zero-order chi connectivity index (χ0) is 17.9. The second-order valence-electron chi connectivity index (χ2n) is 6.60. The van der Waals surface area contributed by atoms with E-state index in [1.165, 1.54) is 18.3 Å². The number of rotatable bonds is 5. The Kier molecular flexibility index (Phi) is 4.66. The molecule has 1 aliphatic heterocycles. The first-order valence-electron chi connectivity index (χ1n) is 8.95. The van der Waals surface area contributed by atoms with E-state index in [0.29, 0.717) is 23.7 Å². The molecule has 1 atom stereocenters. The molecule has 0 aliphatic carbocycles. The summed E-state index contributed by atoms with van der Waals surface area (Å²) in [6, 6.07) is 2.06. The number of hydrogen-bond acceptors (Lipinski definition) is 6. The third kappa shape index (κ3) is 3.32. The highest BCUT2D eigenvalue weighted by Crippen LogP contribution is 2.26. The molecule has 8 heteroatoms. The molecule has 0 aromatic carbocycles. The van der Waals surface area contributed by atoms with E-state index >= 15 is 0 Å². The SMILES string of the molecule is CCOC(=O)c1cnn2cc(CN3CCC[C@H](c4ccn[nH]4)C3)cnc12. The molecule has 4 heterocycles. The summed E-state index contributed by atoms with van der Waals surface area (Å²) >= 11 is 0. The van der Waals surface area contributed by atoms with Crippen LogP contribution in [0.25, 0.3) is 5.65 Å². The number of aromatic nitrogens is 5. The van der Waals surface area contributed by atoms with Crippen molar-refractivity contribution < 1.29 is 9.53 Å². The van der Waals surface area contributed by atoms with E-state index < -0.39 is 0 Å². The number of nitrogens with zero attached hydrogens (tertiary/aromatic N) is 5. The predicted molar refractivity (Wildman–Crippen MR) is 94.8 cm³/mol. The topological polar surface area (TPSA) is 88.4 Å². The van der Waals surface area contributed by atoms with Crippen LogP contribution in [0.1, 0.15) is 47.3 Å². The third-order valence-corrected chi connectivity index (χ3v) is 4.78. The fourth-order valence-corrected chi connectivity index (χ4v) is 3.55. The van der Waals surface area contributed by atoms with Gasteiger partial charge in [0.05, 0.1) is 12.8 Å². The monoisotopic (exact) mass is 354 g/mol. The summed E-state index contributed by atoms with van der Waals surface area (Å²) in [5.74, 6) is 0.101. The fourth-order valence-electron chi connectivity index (χ4n) is 3.55. The van der Waals surface area contributed by atoms with Gasteiger partial charge >= 0.3 is 5.97 Å². The summed E-state index contributed by atoms with van der Waals surface area (Å²) in [5, 5.41) is 11.4. The van der Waals surface area contributed by atoms with Gasteiger partial charge in [0, 0.05) is 48.9 Å². The van der Waals surface area contributed by atoms with Crippen LogP contribution in [0.5, 0.6) is 0 Å². The number of esters is 1. The summed E-state index contributed by atoms with van der Waals surface area (Å²) in [7, 11) is 0. The first kappa shape index (κ1) is 16.7. The Bertz CT molecular complexity index is 888. The molecule has 4 rings (SSSR count). The molecule has 0 saturated carbocycles. The van der Waals surface area contributed by atoms with Gasteiger partial charge in [-0.05, 0) is 32.4 Å². The molecule has 0 amide bonds. The lowest BCUT2D eigenvalue weighted by Crippen LogP contribution is -2.34. The van der Waals surface area contributed by atoms with Crippen molar-refractivity contribution in [2.24, 2.45) is 0 Å². The van der Waals surface area contributed by atoms with E-state index in [2.05, 4.69) is 31.2 Å². The Morgan fingerprint density at radius 2 is 2.35 bits per heavy atom. The van der Waals surface area contributed by atoms with Gasteiger partial charge in [-0.25, -0.2) is 14.3 Å². The molecule has 3 aromatic heterocycles. The van der Waals surface area contributed by atoms with Gasteiger partial charge in [-0.2, -0.15) is 10.2 Å². The van der Waals surface area contributed by atoms with Crippen LogP contribution in [0.4, 0.5) is 0 Å². The van der Waals surface area contributed by atoms with Gasteiger partial charge in [0.25, 0.3) is 0 Å². The molecule has 0 radical (unpaired) electrons. The average molecular weight is 354 g/mol. The first-order chi connectivity index (χ1) is 12.7. The molecule has 0 bridgehead atoms. The molecular weight excluding hydrogens is 332 g/mol. The lowest BCUT2D eigenvalue weighted by molar-refractivity contribution is 0.0528. The highest BCUT2D eigenvalue weighted by atomic mass is 16.5. The zero-order valence-corrected chi connectivity index (χ0v) is 14.8. The van der Waals surface area contributed by atoms with Crippen LogP contribution < -0.4 is 0 Å². The number of aromatic amines is 1. The molecule has 1 fully saturated rings. The van der Waals surface area contributed by atoms with Crippen molar-refractivity contribution in [1.29, 1.82) is 0 Å². The standard InChI is InChI=1S/C18H22N6O2/c1-2-26-18(25)15-9-21-24-11-13(8-19-17(15)24)10-23-7-3-4-14(12-23)16-5-6-20-22-16/h5-6,8-9,11,14H,2-4,7,10,12H2,1H3,(H,20,22)/t14-/m0/s1. The van der Waals surface area contributed by atoms with E-state index in [1.807, 2.05) is 18.6 Å². The number of piperidine rings is 1. The molecule has 3 aromatic rings. The van der Waals surface area contributed by atoms with Crippen LogP contribution in [0.3, 0.4) is 0 Å². The van der Waals surface area contributed by atoms with Crippen molar-refractivity contribution in [1.82, 2.24) is 29.7 Å². The molecule has 0 unspecified atom stereocenters. The van der Waals surface area contributed by atoms with Gasteiger partial charge in [-0.3, -0.25) is 10.00 Å². The smallest absolute Gasteiger partial charge is 0.343 e. The van der Waals surface area contributed by atoms with Gasteiger partial charge in [0.15, 0.2) is 5.65 Å². The summed E-state index contributed by atoms with van der Waals surface area (Å²) in [4.78, 5) is 18.8. The largest absolute Gasteiger partial charge is 0.462 e. The Hall–Kier alpha value is -2.74. The van der Waals surface area contributed by atoms with Crippen LogP contribution >= 0.6 is 0 Å². The van der Waals surface area contributed by atoms with Crippen molar-refractivity contribution in [2.75, 3.05) is 19.7 Å². The maximum Gasteiger partial charge on any atom is 0.343 e. The Morgan fingerprint density at radius 3 is 3.15 bits per heavy atom. The number of nitrogens with one attached hydrogen (secondary N) is 1. The molecule has 1 N–H and O–H groups in total. The first-order valence-corrected chi connectivity index (χ1v) is 8.95. The second-order valence-corrected chi connectivity index (χ2v) is 6.60. The minimum atomic E-state index is -0.388. The maximum atomic E-state index is 11.9. The number of carbonyl (C=O) groups excluding carboxylic acids is 1. The number of likely N-dealkylation sites (tertiary alicyclic amines) is 1. The fraction of sp³-hybridized carbons (Fsp3) is 0.444. The molecule has 0 spiro atoms. The normalized spacial score (nSPS) is 18.3. The van der Waals surface area contributed by atoms with Crippen molar-refractivity contribution in [3.63, 3.8) is 0 Å². The van der Waals surface area contributed by atoms with E-state index in [1.54, 1.807) is 11.4 Å². The molecule has 1 saturated heterocycles. The Morgan fingerprint density at radius 1 is 1.42 bits per heavy atom. The summed E-state index contributed by atoms with van der Waals surface area (Å²) in [5.41, 5.74) is 3.20. The van der Waals surface area contributed by atoms with Crippen LogP contribution in [-0.4, -0.2) is 55.4 Å². The minimum absolute atomic E-state index is 0.334. The summed E-state index contributed by atoms with van der Waals surface area (Å²) in [6.45, 7) is 4.98. The Labute approximate surface area is 151 Å². The van der Waals surface area contributed by atoms with Crippen LogP contribution in [0, 0.1) is 0 Å². The van der Waals surface area contributed by atoms with E-state index in [-0.39, 0.29) is 5.97 Å². The second kappa shape index (κ2) is 7.25. The molecular formula is C18H22N6O2. The molecule has 26 heavy (non-hydrogen) atoms. The molecule has 136 valence electrons. The van der Waals surface area contributed by atoms with Crippen LogP contribution in [0.2, 0.25) is 0 Å². The number of H-pyrrole nitrogens is 1. The number of fused-ring (bicyclic) bond motifs is 1. The van der Waals surface area contributed by atoms with Gasteiger partial charge < -0.3 is 4.74 Å². The highest BCUT2D eigenvalue weighted by Gasteiger charge is 2.23. The van der Waals surface area contributed by atoms with E-state index in [0.717, 1.165) is 31.6 Å². The minimum Gasteiger partial charge on any atom is -0.462 e. The zero-order valence-electron chi connectivity index (χ0n) is 14.8.